The molecule has 0 saturated heterocycles. The number of hydrogen-bond acceptors (Lipinski definition) is 5. The summed E-state index contributed by atoms with van der Waals surface area (Å²) in [5, 5.41) is 12.3. The summed E-state index contributed by atoms with van der Waals surface area (Å²) >= 11 is 6.54. The summed E-state index contributed by atoms with van der Waals surface area (Å²) in [7, 11) is 3.94. The fourth-order valence-corrected chi connectivity index (χ4v) is 3.83. The molecule has 0 amide bonds. The van der Waals surface area contributed by atoms with Gasteiger partial charge in [0, 0.05) is 23.6 Å². The van der Waals surface area contributed by atoms with Crippen molar-refractivity contribution in [3.63, 3.8) is 0 Å². The van der Waals surface area contributed by atoms with Gasteiger partial charge in [0.2, 0.25) is 0 Å². The van der Waals surface area contributed by atoms with Crippen LogP contribution < -0.4 is 4.74 Å². The van der Waals surface area contributed by atoms with Crippen LogP contribution in [0.2, 0.25) is 5.02 Å². The van der Waals surface area contributed by atoms with Crippen molar-refractivity contribution in [2.24, 2.45) is 0 Å². The summed E-state index contributed by atoms with van der Waals surface area (Å²) in [6.45, 7) is 1.06. The number of aliphatic hydroxyl groups is 1. The molecule has 0 saturated carbocycles. The molecule has 1 N–H and O–H groups in total. The van der Waals surface area contributed by atoms with Crippen LogP contribution >= 0.6 is 11.6 Å². The molecule has 6 heteroatoms. The fraction of sp³-hybridized carbons (Fsp3) is 0.240. The van der Waals surface area contributed by atoms with Crippen molar-refractivity contribution in [2.45, 2.75) is 25.7 Å². The zero-order chi connectivity index (χ0) is 21.8. The zero-order valence-electron chi connectivity index (χ0n) is 17.6. The summed E-state index contributed by atoms with van der Waals surface area (Å²) in [6.07, 6.45) is 1.19. The van der Waals surface area contributed by atoms with Crippen molar-refractivity contribution in [3.8, 4) is 5.75 Å². The number of hydrogen-bond donors (Lipinski definition) is 1. The van der Waals surface area contributed by atoms with Gasteiger partial charge >= 0.3 is 0 Å². The zero-order valence-corrected chi connectivity index (χ0v) is 18.3. The van der Waals surface area contributed by atoms with Crippen LogP contribution in [0.3, 0.4) is 0 Å². The van der Waals surface area contributed by atoms with Gasteiger partial charge in [-0.3, -0.25) is 4.98 Å². The van der Waals surface area contributed by atoms with Gasteiger partial charge in [-0.2, -0.15) is 0 Å². The monoisotopic (exact) mass is 436 g/mol. The lowest BCUT2D eigenvalue weighted by molar-refractivity contribution is 0.145. The highest BCUT2D eigenvalue weighted by atomic mass is 35.5. The molecule has 2 aromatic carbocycles. The number of furan rings is 1. The lowest BCUT2D eigenvalue weighted by atomic mass is 10.0. The van der Waals surface area contributed by atoms with Gasteiger partial charge in [-0.05, 0) is 50.0 Å². The maximum atomic E-state index is 10.9. The number of rotatable bonds is 8. The van der Waals surface area contributed by atoms with Crippen LogP contribution in [0.5, 0.6) is 5.75 Å². The molecular weight excluding hydrogens is 412 g/mol. The third-order valence-corrected chi connectivity index (χ3v) is 5.31. The third kappa shape index (κ3) is 5.07. The molecule has 0 bridgehead atoms. The van der Waals surface area contributed by atoms with E-state index in [1.54, 1.807) is 6.20 Å². The summed E-state index contributed by atoms with van der Waals surface area (Å²) in [6, 6.07) is 19.3. The molecule has 4 rings (SSSR count). The molecule has 5 nitrogen and oxygen atoms in total. The highest BCUT2D eigenvalue weighted by Gasteiger charge is 2.20. The van der Waals surface area contributed by atoms with E-state index < -0.39 is 6.10 Å². The fourth-order valence-electron chi connectivity index (χ4n) is 3.55. The van der Waals surface area contributed by atoms with E-state index in [0.717, 1.165) is 22.3 Å². The molecule has 31 heavy (non-hydrogen) atoms. The Bertz CT molecular complexity index is 1160. The van der Waals surface area contributed by atoms with Crippen molar-refractivity contribution in [2.75, 3.05) is 14.1 Å². The molecule has 0 radical (unpaired) electrons. The number of pyridine rings is 1. The van der Waals surface area contributed by atoms with Gasteiger partial charge in [0.25, 0.3) is 0 Å². The second-order valence-electron chi connectivity index (χ2n) is 7.78. The van der Waals surface area contributed by atoms with Crippen LogP contribution in [0.4, 0.5) is 0 Å². The number of nitrogens with zero attached hydrogens (tertiary/aromatic N) is 2. The maximum Gasteiger partial charge on any atom is 0.149 e. The molecule has 0 spiro atoms. The standard InChI is InChI=1S/C25H25ClN2O3/c1-28(2)15-19-10-11-23(31-19)22(29)14-18-13-21(26)20-9-6-12-27-24(20)25(18)30-16-17-7-4-3-5-8-17/h3-13,22,29H,14-16H2,1-2H3. The van der Waals surface area contributed by atoms with E-state index in [0.29, 0.717) is 41.6 Å². The van der Waals surface area contributed by atoms with Gasteiger partial charge in [-0.25, -0.2) is 0 Å². The first-order chi connectivity index (χ1) is 15.0. The second kappa shape index (κ2) is 9.52. The first kappa shape index (κ1) is 21.4. The summed E-state index contributed by atoms with van der Waals surface area (Å²) in [4.78, 5) is 6.52. The van der Waals surface area contributed by atoms with Gasteiger partial charge in [0.05, 0.1) is 11.6 Å². The molecule has 160 valence electrons. The van der Waals surface area contributed by atoms with Gasteiger partial charge < -0.3 is 19.2 Å². The molecule has 4 aromatic rings. The molecule has 1 unspecified atom stereocenters. The Morgan fingerprint density at radius 3 is 2.68 bits per heavy atom. The molecule has 2 heterocycles. The van der Waals surface area contributed by atoms with Gasteiger partial charge in [0.1, 0.15) is 35.5 Å². The van der Waals surface area contributed by atoms with E-state index in [4.69, 9.17) is 20.8 Å². The SMILES string of the molecule is CN(C)Cc1ccc(C(O)Cc2cc(Cl)c3cccnc3c2OCc2ccccc2)o1. The van der Waals surface area contributed by atoms with E-state index in [2.05, 4.69) is 4.98 Å². The Morgan fingerprint density at radius 1 is 1.10 bits per heavy atom. The number of benzene rings is 2. The summed E-state index contributed by atoms with van der Waals surface area (Å²) in [5.41, 5.74) is 2.51. The molecule has 0 fully saturated rings. The quantitative estimate of drug-likeness (QED) is 0.401. The lowest BCUT2D eigenvalue weighted by Gasteiger charge is -2.17. The Labute approximate surface area is 186 Å². The number of ether oxygens (including phenoxy) is 1. The highest BCUT2D eigenvalue weighted by Crippen LogP contribution is 2.36. The van der Waals surface area contributed by atoms with E-state index in [1.807, 2.05) is 79.7 Å². The van der Waals surface area contributed by atoms with Crippen LogP contribution in [0.1, 0.15) is 28.8 Å². The molecule has 2 aromatic heterocycles. The molecular formula is C25H25ClN2O3. The molecule has 0 aliphatic carbocycles. The van der Waals surface area contributed by atoms with Crippen LogP contribution in [0.15, 0.2) is 71.3 Å². The minimum atomic E-state index is -0.827. The average Bonchev–Trinajstić information content (AvgIpc) is 3.22. The Morgan fingerprint density at radius 2 is 1.90 bits per heavy atom. The maximum absolute atomic E-state index is 10.9. The van der Waals surface area contributed by atoms with E-state index >= 15 is 0 Å². The number of aromatic nitrogens is 1. The number of halogens is 1. The van der Waals surface area contributed by atoms with Gasteiger partial charge in [0.15, 0.2) is 0 Å². The Hall–Kier alpha value is -2.86. The van der Waals surface area contributed by atoms with Crippen molar-refractivity contribution in [3.05, 3.63) is 94.5 Å². The summed E-state index contributed by atoms with van der Waals surface area (Å²) in [5.74, 6) is 1.95. The highest BCUT2D eigenvalue weighted by molar-refractivity contribution is 6.35. The predicted octanol–water partition coefficient (Wildman–Crippen LogP) is 5.40. The normalized spacial score (nSPS) is 12.4. The summed E-state index contributed by atoms with van der Waals surface area (Å²) < 4.78 is 12.1. The van der Waals surface area contributed by atoms with Crippen LogP contribution in [0.25, 0.3) is 10.9 Å². The first-order valence-corrected chi connectivity index (χ1v) is 10.5. The average molecular weight is 437 g/mol. The number of fused-ring (bicyclic) bond motifs is 1. The van der Waals surface area contributed by atoms with Gasteiger partial charge in [-0.1, -0.05) is 41.9 Å². The number of aliphatic hydroxyl groups excluding tert-OH is 1. The van der Waals surface area contributed by atoms with Crippen LogP contribution in [-0.4, -0.2) is 29.1 Å². The second-order valence-corrected chi connectivity index (χ2v) is 8.19. The lowest BCUT2D eigenvalue weighted by Crippen LogP contribution is -2.09. The van der Waals surface area contributed by atoms with Gasteiger partial charge in [-0.15, -0.1) is 0 Å². The largest absolute Gasteiger partial charge is 0.486 e. The minimum Gasteiger partial charge on any atom is -0.486 e. The van der Waals surface area contributed by atoms with Crippen molar-refractivity contribution < 1.29 is 14.3 Å². The predicted molar refractivity (Wildman–Crippen MR) is 122 cm³/mol. The van der Waals surface area contributed by atoms with Crippen LogP contribution in [-0.2, 0) is 19.6 Å². The van der Waals surface area contributed by atoms with E-state index in [9.17, 15) is 5.11 Å². The van der Waals surface area contributed by atoms with Crippen LogP contribution in [0, 0.1) is 0 Å². The van der Waals surface area contributed by atoms with Crippen molar-refractivity contribution in [1.29, 1.82) is 0 Å². The minimum absolute atomic E-state index is 0.297. The molecule has 0 aliphatic heterocycles. The van der Waals surface area contributed by atoms with E-state index in [1.165, 1.54) is 0 Å². The Kier molecular flexibility index (Phi) is 6.56. The molecule has 1 atom stereocenters. The Balaban J connectivity index is 1.65. The molecule has 0 aliphatic rings. The smallest absolute Gasteiger partial charge is 0.149 e. The first-order valence-electron chi connectivity index (χ1n) is 10.2. The topological polar surface area (TPSA) is 58.7 Å². The van der Waals surface area contributed by atoms with E-state index in [-0.39, 0.29) is 0 Å². The van der Waals surface area contributed by atoms with Crippen molar-refractivity contribution in [1.82, 2.24) is 9.88 Å². The third-order valence-electron chi connectivity index (χ3n) is 4.99. The van der Waals surface area contributed by atoms with Crippen molar-refractivity contribution >= 4 is 22.5 Å².